The molecule has 2 aromatic rings. The molecule has 3 rings (SSSR count). The topological polar surface area (TPSA) is 130 Å². The average Bonchev–Trinajstić information content (AvgIpc) is 2.72. The van der Waals surface area contributed by atoms with Crippen molar-refractivity contribution in [3.8, 4) is 0 Å². The van der Waals surface area contributed by atoms with E-state index in [0.717, 1.165) is 6.42 Å². The summed E-state index contributed by atoms with van der Waals surface area (Å²) >= 11 is 0. The van der Waals surface area contributed by atoms with E-state index in [1.54, 1.807) is 30.3 Å². The largest absolute Gasteiger partial charge is 0.481 e. The summed E-state index contributed by atoms with van der Waals surface area (Å²) in [6.07, 6.45) is 3.15. The summed E-state index contributed by atoms with van der Waals surface area (Å²) in [6, 6.07) is 15.7. The molecule has 2 atom stereocenters. The van der Waals surface area contributed by atoms with Crippen molar-refractivity contribution in [1.29, 1.82) is 0 Å². The lowest BCUT2D eigenvalue weighted by Gasteiger charge is -2.21. The third-order valence-corrected chi connectivity index (χ3v) is 4.70. The van der Waals surface area contributed by atoms with E-state index >= 15 is 0 Å². The zero-order valence-corrected chi connectivity index (χ0v) is 16.1. The normalized spacial score (nSPS) is 15.8. The van der Waals surface area contributed by atoms with Crippen molar-refractivity contribution in [2.45, 2.75) is 44.2 Å². The first-order valence-electron chi connectivity index (χ1n) is 9.52. The van der Waals surface area contributed by atoms with Gasteiger partial charge in [0.25, 0.3) is 5.91 Å². The van der Waals surface area contributed by atoms with Crippen molar-refractivity contribution in [2.24, 2.45) is 5.73 Å². The molecule has 0 aliphatic heterocycles. The van der Waals surface area contributed by atoms with E-state index in [0.29, 0.717) is 11.6 Å². The molecule has 1 amide bonds. The van der Waals surface area contributed by atoms with E-state index in [9.17, 15) is 14.4 Å². The maximum absolute atomic E-state index is 11.7. The van der Waals surface area contributed by atoms with E-state index < -0.39 is 23.9 Å². The van der Waals surface area contributed by atoms with E-state index in [4.69, 9.17) is 15.9 Å². The summed E-state index contributed by atoms with van der Waals surface area (Å²) in [5.74, 6) is -2.89. The Labute approximate surface area is 169 Å². The van der Waals surface area contributed by atoms with Crippen LogP contribution in [0.1, 0.15) is 53.2 Å². The smallest absolute Gasteiger partial charge is 0.326 e. The fourth-order valence-electron chi connectivity index (χ4n) is 3.15. The maximum Gasteiger partial charge on any atom is 0.326 e. The monoisotopic (exact) mass is 398 g/mol. The Balaban J connectivity index is 0.000000230. The number of aryl methyl sites for hydroxylation is 1. The molecular weight excluding hydrogens is 372 g/mol. The van der Waals surface area contributed by atoms with Crippen LogP contribution in [0, 0.1) is 0 Å². The Kier molecular flexibility index (Phi) is 8.36. The van der Waals surface area contributed by atoms with E-state index in [2.05, 4.69) is 29.6 Å². The molecule has 0 saturated carbocycles. The van der Waals surface area contributed by atoms with Crippen LogP contribution < -0.4 is 11.1 Å². The molecule has 5 N–H and O–H groups in total. The van der Waals surface area contributed by atoms with Gasteiger partial charge in [-0.2, -0.15) is 0 Å². The molecule has 29 heavy (non-hydrogen) atoms. The number of nitrogens with one attached hydrogen (secondary N) is 1. The van der Waals surface area contributed by atoms with Crippen molar-refractivity contribution in [3.05, 3.63) is 71.3 Å². The molecule has 0 spiro atoms. The second-order valence-electron chi connectivity index (χ2n) is 6.86. The van der Waals surface area contributed by atoms with E-state index in [-0.39, 0.29) is 12.8 Å². The van der Waals surface area contributed by atoms with Crippen LogP contribution in [-0.2, 0) is 16.0 Å². The van der Waals surface area contributed by atoms with Gasteiger partial charge in [0.2, 0.25) is 0 Å². The number of benzene rings is 2. The minimum Gasteiger partial charge on any atom is -0.481 e. The van der Waals surface area contributed by atoms with Gasteiger partial charge in [0.1, 0.15) is 6.04 Å². The second kappa shape index (κ2) is 11.0. The molecule has 0 aromatic heterocycles. The highest BCUT2D eigenvalue weighted by Gasteiger charge is 2.21. The lowest BCUT2D eigenvalue weighted by atomic mass is 9.88. The number of hydrogen-bond donors (Lipinski definition) is 4. The predicted molar refractivity (Wildman–Crippen MR) is 109 cm³/mol. The van der Waals surface area contributed by atoms with Gasteiger partial charge in [-0.05, 0) is 48.9 Å². The SMILES string of the molecule is N[C@H]1CCCc2ccccc21.O=C(O)CCC(NC(=O)c1ccccc1)C(=O)O. The highest BCUT2D eigenvalue weighted by molar-refractivity contribution is 5.96. The van der Waals surface area contributed by atoms with Gasteiger partial charge in [-0.25, -0.2) is 4.79 Å². The Hall–Kier alpha value is -3.19. The average molecular weight is 398 g/mol. The van der Waals surface area contributed by atoms with Crippen molar-refractivity contribution in [3.63, 3.8) is 0 Å². The summed E-state index contributed by atoms with van der Waals surface area (Å²) in [4.78, 5) is 32.9. The van der Waals surface area contributed by atoms with Crippen LogP contribution in [0.3, 0.4) is 0 Å². The molecule has 1 aliphatic rings. The zero-order valence-electron chi connectivity index (χ0n) is 16.1. The highest BCUT2D eigenvalue weighted by atomic mass is 16.4. The maximum atomic E-state index is 11.7. The van der Waals surface area contributed by atoms with Crippen LogP contribution in [0.25, 0.3) is 0 Å². The summed E-state index contributed by atoms with van der Waals surface area (Å²) in [6.45, 7) is 0. The van der Waals surface area contributed by atoms with Gasteiger partial charge < -0.3 is 21.3 Å². The van der Waals surface area contributed by atoms with Crippen molar-refractivity contribution in [1.82, 2.24) is 5.32 Å². The van der Waals surface area contributed by atoms with Gasteiger partial charge in [0.05, 0.1) is 0 Å². The minimum atomic E-state index is -1.25. The van der Waals surface area contributed by atoms with Gasteiger partial charge >= 0.3 is 11.9 Å². The first-order chi connectivity index (χ1) is 13.9. The molecule has 0 radical (unpaired) electrons. The number of aliphatic carboxylic acids is 2. The van der Waals surface area contributed by atoms with E-state index in [1.165, 1.54) is 24.0 Å². The Bertz CT molecular complexity index is 838. The molecule has 0 saturated heterocycles. The van der Waals surface area contributed by atoms with Crippen LogP contribution in [0.2, 0.25) is 0 Å². The molecule has 0 fully saturated rings. The van der Waals surface area contributed by atoms with Crippen molar-refractivity contribution in [2.75, 3.05) is 0 Å². The predicted octanol–water partition coefficient (Wildman–Crippen LogP) is 2.76. The fourth-order valence-corrected chi connectivity index (χ4v) is 3.15. The number of fused-ring (bicyclic) bond motifs is 1. The zero-order chi connectivity index (χ0) is 21.2. The molecule has 1 unspecified atom stereocenters. The van der Waals surface area contributed by atoms with Gasteiger partial charge in [0.15, 0.2) is 0 Å². The molecule has 2 aromatic carbocycles. The molecule has 154 valence electrons. The van der Waals surface area contributed by atoms with Gasteiger partial charge in [-0.15, -0.1) is 0 Å². The quantitative estimate of drug-likeness (QED) is 0.592. The molecule has 7 nitrogen and oxygen atoms in total. The third kappa shape index (κ3) is 7.04. The van der Waals surface area contributed by atoms with Crippen LogP contribution in [-0.4, -0.2) is 34.1 Å². The molecule has 0 heterocycles. The first-order valence-corrected chi connectivity index (χ1v) is 9.52. The Morgan fingerprint density at radius 3 is 2.31 bits per heavy atom. The summed E-state index contributed by atoms with van der Waals surface area (Å²) in [7, 11) is 0. The molecule has 0 bridgehead atoms. The number of carbonyl (C=O) groups excluding carboxylic acids is 1. The molecule has 1 aliphatic carbocycles. The van der Waals surface area contributed by atoms with Crippen LogP contribution >= 0.6 is 0 Å². The standard InChI is InChI=1S/C12H13NO5.C10H13N/c14-10(15)7-6-9(12(17)18)13-11(16)8-4-2-1-3-5-8;11-10-7-3-5-8-4-1-2-6-9(8)10/h1-5,9H,6-7H2,(H,13,16)(H,14,15)(H,17,18);1-2,4,6,10H,3,5,7,11H2/t;10-/m.0/s1. The number of rotatable bonds is 6. The number of carboxylic acid groups (broad SMARTS) is 2. The Morgan fingerprint density at radius 1 is 1.03 bits per heavy atom. The van der Waals surface area contributed by atoms with Crippen molar-refractivity contribution >= 4 is 17.8 Å². The summed E-state index contributed by atoms with van der Waals surface area (Å²) in [5, 5.41) is 19.7. The van der Waals surface area contributed by atoms with Gasteiger partial charge in [-0.3, -0.25) is 9.59 Å². The number of nitrogens with two attached hydrogens (primary N) is 1. The number of carboxylic acids is 2. The van der Waals surface area contributed by atoms with Gasteiger partial charge in [-0.1, -0.05) is 42.5 Å². The van der Waals surface area contributed by atoms with Crippen molar-refractivity contribution < 1.29 is 24.6 Å². The third-order valence-electron chi connectivity index (χ3n) is 4.70. The number of hydrogen-bond acceptors (Lipinski definition) is 4. The highest BCUT2D eigenvalue weighted by Crippen LogP contribution is 2.26. The Morgan fingerprint density at radius 2 is 1.69 bits per heavy atom. The van der Waals surface area contributed by atoms with E-state index in [1.807, 2.05) is 0 Å². The first kappa shape index (κ1) is 22.1. The van der Waals surface area contributed by atoms with Crippen LogP contribution in [0.15, 0.2) is 54.6 Å². The summed E-state index contributed by atoms with van der Waals surface area (Å²) in [5.41, 5.74) is 9.09. The molecular formula is C22H26N2O5. The summed E-state index contributed by atoms with van der Waals surface area (Å²) < 4.78 is 0. The lowest BCUT2D eigenvalue weighted by molar-refractivity contribution is -0.140. The fraction of sp³-hybridized carbons (Fsp3) is 0.318. The number of carbonyl (C=O) groups is 3. The minimum absolute atomic E-state index is 0.150. The van der Waals surface area contributed by atoms with Crippen LogP contribution in [0.5, 0.6) is 0 Å². The molecule has 7 heteroatoms. The lowest BCUT2D eigenvalue weighted by Crippen LogP contribution is -2.41. The second-order valence-corrected chi connectivity index (χ2v) is 6.86. The van der Waals surface area contributed by atoms with Gasteiger partial charge in [0, 0.05) is 18.0 Å². The number of amides is 1. The van der Waals surface area contributed by atoms with Crippen LogP contribution in [0.4, 0.5) is 0 Å².